The van der Waals surface area contributed by atoms with Gasteiger partial charge in [-0.2, -0.15) is 13.2 Å². The average Bonchev–Trinajstić information content (AvgIpc) is 2.58. The number of halogens is 3. The smallest absolute Gasteiger partial charge is 0.361 e. The van der Waals surface area contributed by atoms with E-state index in [4.69, 9.17) is 5.73 Å². The normalized spacial score (nSPS) is 14.4. The molecule has 1 heterocycles. The Morgan fingerprint density at radius 1 is 1.20 bits per heavy atom. The molecule has 0 saturated heterocycles. The number of nitrogens with two attached hydrogens (primary N) is 1. The SMILES string of the molecule is N[C@H](c1c[nH]c2ccccc12)C(F)(F)F. The van der Waals surface area contributed by atoms with E-state index in [1.54, 1.807) is 24.3 Å². The molecule has 0 spiro atoms. The largest absolute Gasteiger partial charge is 0.407 e. The first-order valence-electron chi connectivity index (χ1n) is 4.38. The van der Waals surface area contributed by atoms with Gasteiger partial charge >= 0.3 is 6.18 Å². The Bertz CT molecular complexity index is 473. The minimum atomic E-state index is -4.41. The molecule has 2 nitrogen and oxygen atoms in total. The van der Waals surface area contributed by atoms with Crippen molar-refractivity contribution in [2.45, 2.75) is 12.2 Å². The minimum absolute atomic E-state index is 0.0816. The van der Waals surface area contributed by atoms with Crippen molar-refractivity contribution in [3.8, 4) is 0 Å². The van der Waals surface area contributed by atoms with Gasteiger partial charge in [-0.15, -0.1) is 0 Å². The molecule has 0 aliphatic rings. The maximum atomic E-state index is 12.4. The highest BCUT2D eigenvalue weighted by Crippen LogP contribution is 2.34. The van der Waals surface area contributed by atoms with Crippen molar-refractivity contribution in [1.82, 2.24) is 4.98 Å². The van der Waals surface area contributed by atoms with Crippen LogP contribution in [0.25, 0.3) is 10.9 Å². The van der Waals surface area contributed by atoms with Crippen LogP contribution in [0.4, 0.5) is 13.2 Å². The molecule has 0 aliphatic carbocycles. The molecule has 0 radical (unpaired) electrons. The molecular weight excluding hydrogens is 205 g/mol. The van der Waals surface area contributed by atoms with Gasteiger partial charge in [0.25, 0.3) is 0 Å². The predicted molar refractivity (Wildman–Crippen MR) is 51.3 cm³/mol. The third-order valence-electron chi connectivity index (χ3n) is 2.31. The molecule has 2 aromatic rings. The molecule has 0 aliphatic heterocycles. The zero-order valence-electron chi connectivity index (χ0n) is 7.68. The summed E-state index contributed by atoms with van der Waals surface area (Å²) in [5, 5.41) is 0.516. The van der Waals surface area contributed by atoms with Gasteiger partial charge in [0.05, 0.1) is 0 Å². The number of para-hydroxylation sites is 1. The maximum absolute atomic E-state index is 12.4. The Labute approximate surface area is 83.9 Å². The lowest BCUT2D eigenvalue weighted by Crippen LogP contribution is -2.28. The molecule has 80 valence electrons. The van der Waals surface area contributed by atoms with Crippen molar-refractivity contribution in [3.05, 3.63) is 36.0 Å². The molecule has 2 rings (SSSR count). The Hall–Kier alpha value is -1.49. The number of hydrogen-bond donors (Lipinski definition) is 2. The number of benzene rings is 1. The lowest BCUT2D eigenvalue weighted by atomic mass is 10.1. The van der Waals surface area contributed by atoms with Crippen LogP contribution in [0.2, 0.25) is 0 Å². The Morgan fingerprint density at radius 3 is 2.53 bits per heavy atom. The Kier molecular flexibility index (Phi) is 2.19. The number of rotatable bonds is 1. The van der Waals surface area contributed by atoms with E-state index in [0.717, 1.165) is 0 Å². The van der Waals surface area contributed by atoms with Crippen molar-refractivity contribution in [2.75, 3.05) is 0 Å². The number of alkyl halides is 3. The van der Waals surface area contributed by atoms with Gasteiger partial charge < -0.3 is 10.7 Å². The molecule has 1 aromatic heterocycles. The van der Waals surface area contributed by atoms with E-state index >= 15 is 0 Å². The van der Waals surface area contributed by atoms with E-state index in [-0.39, 0.29) is 5.56 Å². The monoisotopic (exact) mass is 214 g/mol. The van der Waals surface area contributed by atoms with Gasteiger partial charge in [-0.3, -0.25) is 0 Å². The van der Waals surface area contributed by atoms with E-state index in [0.29, 0.717) is 10.9 Å². The summed E-state index contributed by atoms with van der Waals surface area (Å²) in [7, 11) is 0. The molecule has 0 fully saturated rings. The molecule has 1 aromatic carbocycles. The van der Waals surface area contributed by atoms with E-state index in [2.05, 4.69) is 4.98 Å². The fourth-order valence-electron chi connectivity index (χ4n) is 1.53. The first-order valence-corrected chi connectivity index (χ1v) is 4.38. The van der Waals surface area contributed by atoms with Crippen LogP contribution in [0.1, 0.15) is 11.6 Å². The maximum Gasteiger partial charge on any atom is 0.407 e. The summed E-state index contributed by atoms with van der Waals surface area (Å²) in [6.07, 6.45) is -3.10. The van der Waals surface area contributed by atoms with Gasteiger partial charge in [-0.25, -0.2) is 0 Å². The van der Waals surface area contributed by atoms with Crippen LogP contribution < -0.4 is 5.73 Å². The first-order chi connectivity index (χ1) is 7.00. The lowest BCUT2D eigenvalue weighted by Gasteiger charge is -2.14. The molecule has 1 atom stereocenters. The predicted octanol–water partition coefficient (Wildman–Crippen LogP) is 2.73. The summed E-state index contributed by atoms with van der Waals surface area (Å²) in [4.78, 5) is 2.76. The Balaban J connectivity index is 2.53. The third kappa shape index (κ3) is 1.70. The second-order valence-electron chi connectivity index (χ2n) is 3.31. The van der Waals surface area contributed by atoms with Crippen LogP contribution in [0.3, 0.4) is 0 Å². The average molecular weight is 214 g/mol. The Morgan fingerprint density at radius 2 is 1.87 bits per heavy atom. The van der Waals surface area contributed by atoms with Crippen molar-refractivity contribution < 1.29 is 13.2 Å². The number of nitrogens with one attached hydrogen (secondary N) is 1. The summed E-state index contributed by atoms with van der Waals surface area (Å²) in [5.74, 6) is 0. The molecule has 0 bridgehead atoms. The number of H-pyrrole nitrogens is 1. The van der Waals surface area contributed by atoms with Crippen LogP contribution in [-0.4, -0.2) is 11.2 Å². The molecule has 0 saturated carbocycles. The van der Waals surface area contributed by atoms with Gasteiger partial charge in [0, 0.05) is 22.7 Å². The molecule has 3 N–H and O–H groups in total. The van der Waals surface area contributed by atoms with Gasteiger partial charge in [-0.05, 0) is 6.07 Å². The summed E-state index contributed by atoms with van der Waals surface area (Å²) < 4.78 is 37.2. The fourth-order valence-corrected chi connectivity index (χ4v) is 1.53. The third-order valence-corrected chi connectivity index (χ3v) is 2.31. The summed E-state index contributed by atoms with van der Waals surface area (Å²) in [5.41, 5.74) is 5.88. The minimum Gasteiger partial charge on any atom is -0.361 e. The van der Waals surface area contributed by atoms with Crippen LogP contribution in [0.15, 0.2) is 30.5 Å². The second kappa shape index (κ2) is 3.27. The van der Waals surface area contributed by atoms with Crippen LogP contribution in [0, 0.1) is 0 Å². The first kappa shape index (κ1) is 10.0. The van der Waals surface area contributed by atoms with Crippen molar-refractivity contribution in [1.29, 1.82) is 0 Å². The van der Waals surface area contributed by atoms with Crippen LogP contribution >= 0.6 is 0 Å². The lowest BCUT2D eigenvalue weighted by molar-refractivity contribution is -0.148. The number of aromatic amines is 1. The molecule has 0 amide bonds. The zero-order chi connectivity index (χ0) is 11.1. The second-order valence-corrected chi connectivity index (χ2v) is 3.31. The van der Waals surface area contributed by atoms with Crippen molar-refractivity contribution in [3.63, 3.8) is 0 Å². The molecule has 5 heteroatoms. The van der Waals surface area contributed by atoms with E-state index in [9.17, 15) is 13.2 Å². The number of fused-ring (bicyclic) bond motifs is 1. The highest BCUT2D eigenvalue weighted by molar-refractivity contribution is 5.83. The molecule has 0 unspecified atom stereocenters. The quantitative estimate of drug-likeness (QED) is 0.752. The van der Waals surface area contributed by atoms with E-state index in [1.165, 1.54) is 6.20 Å². The van der Waals surface area contributed by atoms with Gasteiger partial charge in [0.15, 0.2) is 0 Å². The van der Waals surface area contributed by atoms with Gasteiger partial charge in [-0.1, -0.05) is 18.2 Å². The number of hydrogen-bond acceptors (Lipinski definition) is 1. The van der Waals surface area contributed by atoms with Crippen LogP contribution in [-0.2, 0) is 0 Å². The zero-order valence-corrected chi connectivity index (χ0v) is 7.68. The highest BCUT2D eigenvalue weighted by atomic mass is 19.4. The standard InChI is InChI=1S/C10H9F3N2/c11-10(12,13)9(14)7-5-15-8-4-2-1-3-6(7)8/h1-5,9,15H,14H2/t9-/m1/s1. The van der Waals surface area contributed by atoms with E-state index in [1.807, 2.05) is 0 Å². The van der Waals surface area contributed by atoms with Gasteiger partial charge in [0.1, 0.15) is 6.04 Å². The molecular formula is C10H9F3N2. The van der Waals surface area contributed by atoms with Crippen molar-refractivity contribution in [2.24, 2.45) is 5.73 Å². The van der Waals surface area contributed by atoms with Gasteiger partial charge in [0.2, 0.25) is 0 Å². The van der Waals surface area contributed by atoms with Crippen molar-refractivity contribution >= 4 is 10.9 Å². The van der Waals surface area contributed by atoms with Crippen LogP contribution in [0.5, 0.6) is 0 Å². The fraction of sp³-hybridized carbons (Fsp3) is 0.200. The summed E-state index contributed by atoms with van der Waals surface area (Å²) in [6, 6.07) is 4.83. The molecule has 15 heavy (non-hydrogen) atoms. The highest BCUT2D eigenvalue weighted by Gasteiger charge is 2.38. The topological polar surface area (TPSA) is 41.8 Å². The summed E-state index contributed by atoms with van der Waals surface area (Å²) in [6.45, 7) is 0. The summed E-state index contributed by atoms with van der Waals surface area (Å²) >= 11 is 0. The van der Waals surface area contributed by atoms with E-state index < -0.39 is 12.2 Å². The number of aromatic nitrogens is 1.